The minimum atomic E-state index is -2.30. The SMILES string of the molecule is O=S(=O)=C1CC=CN=C1Oc1ccccc1. The highest BCUT2D eigenvalue weighted by Crippen LogP contribution is 2.11. The van der Waals surface area contributed by atoms with Crippen LogP contribution in [0.2, 0.25) is 0 Å². The third-order valence-corrected chi connectivity index (χ3v) is 2.74. The topological polar surface area (TPSA) is 55.7 Å². The predicted molar refractivity (Wildman–Crippen MR) is 62.2 cm³/mol. The number of benzene rings is 1. The largest absolute Gasteiger partial charge is 0.438 e. The normalized spacial score (nSPS) is 14.5. The number of ether oxygens (including phenoxy) is 1. The fraction of sp³-hybridized carbons (Fsp3) is 0.0909. The number of rotatable bonds is 1. The Labute approximate surface area is 94.4 Å². The van der Waals surface area contributed by atoms with E-state index in [1.54, 1.807) is 18.2 Å². The molecule has 0 aliphatic carbocycles. The smallest absolute Gasteiger partial charge is 0.238 e. The molecule has 1 aliphatic heterocycles. The van der Waals surface area contributed by atoms with Gasteiger partial charge in [0.1, 0.15) is 10.6 Å². The Bertz CT molecular complexity index is 563. The average Bonchev–Trinajstić information content (AvgIpc) is 2.31. The lowest BCUT2D eigenvalue weighted by Gasteiger charge is -2.09. The minimum Gasteiger partial charge on any atom is -0.438 e. The van der Waals surface area contributed by atoms with Crippen molar-refractivity contribution in [1.29, 1.82) is 0 Å². The van der Waals surface area contributed by atoms with Crippen molar-refractivity contribution in [3.63, 3.8) is 0 Å². The second-order valence-corrected chi connectivity index (χ2v) is 4.06. The van der Waals surface area contributed by atoms with Gasteiger partial charge in [-0.3, -0.25) is 0 Å². The molecule has 1 heterocycles. The minimum absolute atomic E-state index is 0.141. The second-order valence-electron chi connectivity index (χ2n) is 3.10. The molecular formula is C11H9NO3S. The van der Waals surface area contributed by atoms with E-state index in [-0.39, 0.29) is 10.8 Å². The molecule has 0 aromatic heterocycles. The van der Waals surface area contributed by atoms with Crippen molar-refractivity contribution in [2.24, 2.45) is 4.99 Å². The van der Waals surface area contributed by atoms with Crippen LogP contribution in [0.1, 0.15) is 6.42 Å². The van der Waals surface area contributed by atoms with Gasteiger partial charge >= 0.3 is 0 Å². The van der Waals surface area contributed by atoms with Gasteiger partial charge in [-0.2, -0.15) is 8.42 Å². The molecule has 0 amide bonds. The molecular weight excluding hydrogens is 226 g/mol. The Balaban J connectivity index is 2.31. The van der Waals surface area contributed by atoms with E-state index in [0.29, 0.717) is 12.2 Å². The van der Waals surface area contributed by atoms with Gasteiger partial charge in [0.25, 0.3) is 0 Å². The maximum atomic E-state index is 10.9. The summed E-state index contributed by atoms with van der Waals surface area (Å²) < 4.78 is 27.2. The van der Waals surface area contributed by atoms with E-state index in [4.69, 9.17) is 4.74 Å². The molecule has 16 heavy (non-hydrogen) atoms. The molecule has 0 atom stereocenters. The van der Waals surface area contributed by atoms with Crippen LogP contribution in [-0.4, -0.2) is 19.2 Å². The number of para-hydroxylation sites is 1. The zero-order valence-electron chi connectivity index (χ0n) is 8.33. The molecule has 1 aromatic rings. The van der Waals surface area contributed by atoms with Crippen LogP contribution in [0.4, 0.5) is 0 Å². The molecule has 0 N–H and O–H groups in total. The first kappa shape index (κ1) is 10.6. The van der Waals surface area contributed by atoms with Crippen molar-refractivity contribution in [3.8, 4) is 5.75 Å². The Morgan fingerprint density at radius 1 is 1.19 bits per heavy atom. The van der Waals surface area contributed by atoms with Gasteiger partial charge in [-0.15, -0.1) is 0 Å². The van der Waals surface area contributed by atoms with Crippen LogP contribution in [0.25, 0.3) is 0 Å². The van der Waals surface area contributed by atoms with Crippen molar-refractivity contribution in [1.82, 2.24) is 0 Å². The van der Waals surface area contributed by atoms with Gasteiger partial charge in [0.05, 0.1) is 0 Å². The van der Waals surface area contributed by atoms with Gasteiger partial charge < -0.3 is 4.74 Å². The predicted octanol–water partition coefficient (Wildman–Crippen LogP) is 1.43. The summed E-state index contributed by atoms with van der Waals surface area (Å²) in [5.74, 6) is 0.710. The molecule has 4 nitrogen and oxygen atoms in total. The maximum Gasteiger partial charge on any atom is 0.238 e. The fourth-order valence-corrected chi connectivity index (χ4v) is 1.73. The summed E-state index contributed by atoms with van der Waals surface area (Å²) in [4.78, 5) is 4.08. The molecule has 0 saturated heterocycles. The van der Waals surface area contributed by atoms with E-state index in [1.165, 1.54) is 6.20 Å². The lowest BCUT2D eigenvalue weighted by molar-refractivity contribution is 0.559. The standard InChI is InChI=1S/C11H9NO3S/c13-16(14)10-7-4-8-12-11(10)15-9-5-2-1-3-6-9/h1-6,8H,7H2. The van der Waals surface area contributed by atoms with Gasteiger partial charge in [-0.25, -0.2) is 4.99 Å². The Hall–Kier alpha value is -1.88. The summed E-state index contributed by atoms with van der Waals surface area (Å²) in [5, 5.41) is 0. The average molecular weight is 235 g/mol. The zero-order valence-corrected chi connectivity index (χ0v) is 9.15. The van der Waals surface area contributed by atoms with E-state index >= 15 is 0 Å². The molecule has 82 valence electrons. The molecule has 0 radical (unpaired) electrons. The molecule has 0 unspecified atom stereocenters. The third kappa shape index (κ3) is 2.38. The van der Waals surface area contributed by atoms with Gasteiger partial charge in [-0.05, 0) is 12.1 Å². The lowest BCUT2D eigenvalue weighted by Crippen LogP contribution is -2.22. The van der Waals surface area contributed by atoms with Gasteiger partial charge in [-0.1, -0.05) is 24.3 Å². The van der Waals surface area contributed by atoms with Crippen molar-refractivity contribution in [3.05, 3.63) is 42.6 Å². The molecule has 0 bridgehead atoms. The summed E-state index contributed by atoms with van der Waals surface area (Å²) >= 11 is 0. The highest BCUT2D eigenvalue weighted by molar-refractivity contribution is 7.74. The van der Waals surface area contributed by atoms with Crippen molar-refractivity contribution >= 4 is 21.1 Å². The van der Waals surface area contributed by atoms with Crippen LogP contribution in [0.15, 0.2) is 47.6 Å². The summed E-state index contributed by atoms with van der Waals surface area (Å²) in [6.07, 6.45) is 3.53. The van der Waals surface area contributed by atoms with Crippen molar-refractivity contribution < 1.29 is 13.2 Å². The third-order valence-electron chi connectivity index (χ3n) is 2.00. The van der Waals surface area contributed by atoms with E-state index < -0.39 is 10.3 Å². The Morgan fingerprint density at radius 3 is 2.62 bits per heavy atom. The molecule has 2 rings (SSSR count). The monoisotopic (exact) mass is 235 g/mol. The van der Waals surface area contributed by atoms with Crippen LogP contribution < -0.4 is 4.74 Å². The lowest BCUT2D eigenvalue weighted by atomic mass is 10.2. The molecule has 0 spiro atoms. The summed E-state index contributed by atoms with van der Waals surface area (Å²) in [7, 11) is -2.30. The molecule has 5 heteroatoms. The maximum absolute atomic E-state index is 10.9. The summed E-state index contributed by atoms with van der Waals surface area (Å²) in [5.41, 5.74) is 0. The first-order valence-corrected chi connectivity index (χ1v) is 5.76. The molecule has 0 fully saturated rings. The van der Waals surface area contributed by atoms with Crippen LogP contribution in [0.3, 0.4) is 0 Å². The quantitative estimate of drug-likeness (QED) is 0.692. The number of nitrogens with zero attached hydrogens (tertiary/aromatic N) is 1. The van der Waals surface area contributed by atoms with Crippen molar-refractivity contribution in [2.45, 2.75) is 6.42 Å². The van der Waals surface area contributed by atoms with Crippen LogP contribution in [-0.2, 0) is 10.3 Å². The number of aliphatic imine (C=N–C) groups is 1. The van der Waals surface area contributed by atoms with Gasteiger partial charge in [0, 0.05) is 12.6 Å². The van der Waals surface area contributed by atoms with E-state index in [1.807, 2.05) is 18.2 Å². The second kappa shape index (κ2) is 4.76. The Morgan fingerprint density at radius 2 is 1.94 bits per heavy atom. The van der Waals surface area contributed by atoms with E-state index in [9.17, 15) is 8.42 Å². The zero-order chi connectivity index (χ0) is 11.4. The van der Waals surface area contributed by atoms with Crippen LogP contribution >= 0.6 is 0 Å². The van der Waals surface area contributed by atoms with E-state index in [0.717, 1.165) is 0 Å². The molecule has 0 saturated carbocycles. The van der Waals surface area contributed by atoms with E-state index in [2.05, 4.69) is 4.99 Å². The Kier molecular flexibility index (Phi) is 3.16. The summed E-state index contributed by atoms with van der Waals surface area (Å²) in [6.45, 7) is 0. The number of hydrogen-bond acceptors (Lipinski definition) is 4. The number of allylic oxidation sites excluding steroid dienone is 1. The first-order valence-electron chi connectivity index (χ1n) is 4.68. The number of hydrogen-bond donors (Lipinski definition) is 0. The van der Waals surface area contributed by atoms with Crippen LogP contribution in [0, 0.1) is 0 Å². The fourth-order valence-electron chi connectivity index (χ4n) is 1.26. The highest BCUT2D eigenvalue weighted by atomic mass is 32.2. The van der Waals surface area contributed by atoms with Gasteiger partial charge in [0.2, 0.25) is 16.2 Å². The first-order chi connectivity index (χ1) is 7.77. The molecule has 1 aliphatic rings. The van der Waals surface area contributed by atoms with Crippen molar-refractivity contribution in [2.75, 3.05) is 0 Å². The van der Waals surface area contributed by atoms with Crippen LogP contribution in [0.5, 0.6) is 5.75 Å². The highest BCUT2D eigenvalue weighted by Gasteiger charge is 2.14. The van der Waals surface area contributed by atoms with Gasteiger partial charge in [0.15, 0.2) is 0 Å². The summed E-state index contributed by atoms with van der Waals surface area (Å²) in [6, 6.07) is 8.95. The molecule has 1 aromatic carbocycles.